The van der Waals surface area contributed by atoms with Crippen molar-refractivity contribution in [1.29, 1.82) is 0 Å². The number of amides is 1. The van der Waals surface area contributed by atoms with Crippen LogP contribution in [0.5, 0.6) is 0 Å². The number of halogens is 1. The van der Waals surface area contributed by atoms with E-state index in [2.05, 4.69) is 28.9 Å². The average molecular weight is 443 g/mol. The van der Waals surface area contributed by atoms with Crippen LogP contribution in [0.1, 0.15) is 36.0 Å². The molecule has 1 amide bonds. The van der Waals surface area contributed by atoms with E-state index < -0.39 is 5.41 Å². The second kappa shape index (κ2) is 10.5. The Hall–Kier alpha value is -3.40. The zero-order valence-corrected chi connectivity index (χ0v) is 19.0. The van der Waals surface area contributed by atoms with Gasteiger partial charge in [-0.3, -0.25) is 4.79 Å². The lowest BCUT2D eigenvalue weighted by Gasteiger charge is -2.42. The number of piperidine rings is 1. The lowest BCUT2D eigenvalue weighted by molar-refractivity contribution is -0.128. The van der Waals surface area contributed by atoms with E-state index >= 15 is 0 Å². The first-order valence-corrected chi connectivity index (χ1v) is 11.6. The highest BCUT2D eigenvalue weighted by atomic mass is 19.1. The number of benzene rings is 3. The van der Waals surface area contributed by atoms with E-state index in [1.54, 1.807) is 0 Å². The number of carbonyl (C=O) groups is 1. The lowest BCUT2D eigenvalue weighted by Crippen LogP contribution is -2.51. The summed E-state index contributed by atoms with van der Waals surface area (Å²) in [6.45, 7) is 6.41. The average Bonchev–Trinajstić information content (AvgIpc) is 2.88. The molecular formula is C29H31FN2O. The zero-order valence-electron chi connectivity index (χ0n) is 19.0. The van der Waals surface area contributed by atoms with Gasteiger partial charge in [-0.15, -0.1) is 0 Å². The molecule has 1 saturated heterocycles. The normalized spacial score (nSPS) is 15.1. The largest absolute Gasteiger partial charge is 0.375 e. The topological polar surface area (TPSA) is 32.3 Å². The van der Waals surface area contributed by atoms with Gasteiger partial charge >= 0.3 is 0 Å². The fraction of sp³-hybridized carbons (Fsp3) is 0.276. The van der Waals surface area contributed by atoms with Crippen molar-refractivity contribution in [2.75, 3.05) is 13.1 Å². The van der Waals surface area contributed by atoms with Crippen LogP contribution in [-0.2, 0) is 23.2 Å². The fourth-order valence-electron chi connectivity index (χ4n) is 4.65. The van der Waals surface area contributed by atoms with Gasteiger partial charge in [-0.05, 0) is 54.5 Å². The molecule has 0 aliphatic carbocycles. The molecule has 0 spiro atoms. The Balaban J connectivity index is 1.41. The van der Waals surface area contributed by atoms with E-state index in [0.29, 0.717) is 6.54 Å². The monoisotopic (exact) mass is 442 g/mol. The summed E-state index contributed by atoms with van der Waals surface area (Å²) in [4.78, 5) is 15.8. The summed E-state index contributed by atoms with van der Waals surface area (Å²) in [5.74, 6) is -0.120. The van der Waals surface area contributed by atoms with Crippen molar-refractivity contribution < 1.29 is 9.18 Å². The first-order chi connectivity index (χ1) is 16.1. The summed E-state index contributed by atoms with van der Waals surface area (Å²) in [5, 5.41) is 3.19. The third-order valence-corrected chi connectivity index (χ3v) is 6.74. The summed E-state index contributed by atoms with van der Waals surface area (Å²) < 4.78 is 13.1. The van der Waals surface area contributed by atoms with Crippen LogP contribution in [0.3, 0.4) is 0 Å². The minimum Gasteiger partial charge on any atom is -0.375 e. The minimum atomic E-state index is -0.538. The smallest absolute Gasteiger partial charge is 0.231 e. The first kappa shape index (κ1) is 22.8. The van der Waals surface area contributed by atoms with Crippen LogP contribution in [0, 0.1) is 5.82 Å². The molecule has 0 atom stereocenters. The maximum Gasteiger partial charge on any atom is 0.231 e. The van der Waals surface area contributed by atoms with Crippen molar-refractivity contribution >= 4 is 5.91 Å². The number of nitrogens with zero attached hydrogens (tertiary/aromatic N) is 1. The Labute approximate surface area is 196 Å². The van der Waals surface area contributed by atoms with Crippen LogP contribution < -0.4 is 5.32 Å². The molecule has 3 aromatic rings. The molecule has 1 aliphatic rings. The standard InChI is InChI=1S/C29H31FN2O/c1-23(12-13-24-14-16-27(30)17-15-24)32-20-18-29(19-21-32,26-10-6-3-7-11-26)28(33)31-22-25-8-4-2-5-9-25/h2-11,14-17H,1,12-13,18-22H2,(H,31,33). The molecule has 1 fully saturated rings. The second-order valence-electron chi connectivity index (χ2n) is 8.80. The van der Waals surface area contributed by atoms with Gasteiger partial charge in [-0.25, -0.2) is 4.39 Å². The second-order valence-corrected chi connectivity index (χ2v) is 8.80. The minimum absolute atomic E-state index is 0.0918. The number of aryl methyl sites for hydroxylation is 1. The van der Waals surface area contributed by atoms with E-state index in [0.717, 1.165) is 61.2 Å². The van der Waals surface area contributed by atoms with Crippen molar-refractivity contribution in [3.05, 3.63) is 120 Å². The summed E-state index contributed by atoms with van der Waals surface area (Å²) >= 11 is 0. The van der Waals surface area contributed by atoms with Gasteiger partial charge in [0.05, 0.1) is 5.41 Å². The molecule has 4 rings (SSSR count). The molecule has 3 nitrogen and oxygen atoms in total. The van der Waals surface area contributed by atoms with Crippen LogP contribution in [0.4, 0.5) is 4.39 Å². The summed E-state index contributed by atoms with van der Waals surface area (Å²) in [6.07, 6.45) is 3.14. The van der Waals surface area contributed by atoms with E-state index in [-0.39, 0.29) is 11.7 Å². The van der Waals surface area contributed by atoms with Crippen LogP contribution in [0.2, 0.25) is 0 Å². The van der Waals surface area contributed by atoms with Crippen molar-refractivity contribution in [2.45, 2.75) is 37.6 Å². The Morgan fingerprint density at radius 1 is 0.879 bits per heavy atom. The predicted molar refractivity (Wildman–Crippen MR) is 131 cm³/mol. The molecular weight excluding hydrogens is 411 g/mol. The van der Waals surface area contributed by atoms with E-state index in [9.17, 15) is 9.18 Å². The van der Waals surface area contributed by atoms with Crippen molar-refractivity contribution in [3.8, 4) is 0 Å². The van der Waals surface area contributed by atoms with Gasteiger partial charge in [0.25, 0.3) is 0 Å². The van der Waals surface area contributed by atoms with Gasteiger partial charge in [0.2, 0.25) is 5.91 Å². The summed E-state index contributed by atoms with van der Waals surface area (Å²) in [6, 6.07) is 26.8. The molecule has 1 N–H and O–H groups in total. The number of carbonyl (C=O) groups excluding carboxylic acids is 1. The highest BCUT2D eigenvalue weighted by Crippen LogP contribution is 2.37. The SMILES string of the molecule is C=C(CCc1ccc(F)cc1)N1CCC(C(=O)NCc2ccccc2)(c2ccccc2)CC1. The van der Waals surface area contributed by atoms with Gasteiger partial charge in [0, 0.05) is 25.3 Å². The van der Waals surface area contributed by atoms with Crippen LogP contribution in [-0.4, -0.2) is 23.9 Å². The number of hydrogen-bond donors (Lipinski definition) is 1. The molecule has 1 aliphatic heterocycles. The fourth-order valence-corrected chi connectivity index (χ4v) is 4.65. The Morgan fingerprint density at radius 2 is 1.48 bits per heavy atom. The van der Waals surface area contributed by atoms with E-state index in [1.165, 1.54) is 12.1 Å². The van der Waals surface area contributed by atoms with Gasteiger partial charge in [0.15, 0.2) is 0 Å². The molecule has 0 radical (unpaired) electrons. The molecule has 1 heterocycles. The van der Waals surface area contributed by atoms with Gasteiger partial charge in [0.1, 0.15) is 5.82 Å². The van der Waals surface area contributed by atoms with Crippen LogP contribution >= 0.6 is 0 Å². The van der Waals surface area contributed by atoms with Crippen molar-refractivity contribution in [2.24, 2.45) is 0 Å². The number of nitrogens with one attached hydrogen (secondary N) is 1. The third-order valence-electron chi connectivity index (χ3n) is 6.74. The van der Waals surface area contributed by atoms with Gasteiger partial charge in [-0.1, -0.05) is 79.4 Å². The number of likely N-dealkylation sites (tertiary alicyclic amines) is 1. The maximum absolute atomic E-state index is 13.5. The first-order valence-electron chi connectivity index (χ1n) is 11.6. The van der Waals surface area contributed by atoms with Gasteiger partial charge in [-0.2, -0.15) is 0 Å². The Morgan fingerprint density at radius 3 is 2.12 bits per heavy atom. The molecule has 0 saturated carbocycles. The van der Waals surface area contributed by atoms with Crippen LogP contribution in [0.15, 0.2) is 97.2 Å². The van der Waals surface area contributed by atoms with E-state index in [4.69, 9.17) is 0 Å². The number of hydrogen-bond acceptors (Lipinski definition) is 2. The molecule has 0 aromatic heterocycles. The van der Waals surface area contributed by atoms with Crippen molar-refractivity contribution in [1.82, 2.24) is 10.2 Å². The summed E-state index contributed by atoms with van der Waals surface area (Å²) in [5.41, 5.74) is 3.82. The molecule has 0 bridgehead atoms. The Bertz CT molecular complexity index is 1060. The molecule has 170 valence electrons. The summed E-state index contributed by atoms with van der Waals surface area (Å²) in [7, 11) is 0. The lowest BCUT2D eigenvalue weighted by atomic mass is 9.71. The quantitative estimate of drug-likeness (QED) is 0.491. The predicted octanol–water partition coefficient (Wildman–Crippen LogP) is 5.62. The number of rotatable bonds is 8. The highest BCUT2D eigenvalue weighted by Gasteiger charge is 2.42. The van der Waals surface area contributed by atoms with Gasteiger partial charge < -0.3 is 10.2 Å². The van der Waals surface area contributed by atoms with Crippen molar-refractivity contribution in [3.63, 3.8) is 0 Å². The Kier molecular flexibility index (Phi) is 7.23. The molecule has 4 heteroatoms. The van der Waals surface area contributed by atoms with E-state index in [1.807, 2.05) is 60.7 Å². The molecule has 33 heavy (non-hydrogen) atoms. The maximum atomic E-state index is 13.5. The van der Waals surface area contributed by atoms with Crippen LogP contribution in [0.25, 0.3) is 0 Å². The molecule has 0 unspecified atom stereocenters. The third kappa shape index (κ3) is 5.51. The highest BCUT2D eigenvalue weighted by molar-refractivity contribution is 5.88. The molecule has 3 aromatic carbocycles. The number of allylic oxidation sites excluding steroid dienone is 1. The zero-order chi connectivity index (χ0) is 23.1.